The van der Waals surface area contributed by atoms with Crippen molar-refractivity contribution in [1.29, 1.82) is 0 Å². The average Bonchev–Trinajstić information content (AvgIpc) is 3.23. The first-order valence-corrected chi connectivity index (χ1v) is 12.1. The molecule has 5 rings (SSSR count). The second kappa shape index (κ2) is 8.80. The van der Waals surface area contributed by atoms with Crippen molar-refractivity contribution in [3.8, 4) is 22.5 Å². The molecule has 10 heteroatoms. The summed E-state index contributed by atoms with van der Waals surface area (Å²) in [4.78, 5) is 12.9. The molecule has 3 aromatic carbocycles. The van der Waals surface area contributed by atoms with E-state index in [1.54, 1.807) is 30.3 Å². The summed E-state index contributed by atoms with van der Waals surface area (Å²) in [6.45, 7) is -0.230. The Kier molecular flexibility index (Phi) is 5.65. The number of carbonyl (C=O) groups is 1. The predicted octanol–water partition coefficient (Wildman–Crippen LogP) is 3.65. The Morgan fingerprint density at radius 1 is 1.03 bits per heavy atom. The van der Waals surface area contributed by atoms with E-state index in [1.807, 2.05) is 30.3 Å². The third-order valence-electron chi connectivity index (χ3n) is 5.66. The van der Waals surface area contributed by atoms with Gasteiger partial charge < -0.3 is 0 Å². The Morgan fingerprint density at radius 3 is 2.49 bits per heavy atom. The van der Waals surface area contributed by atoms with Crippen LogP contribution in [0.2, 0.25) is 0 Å². The van der Waals surface area contributed by atoms with Gasteiger partial charge >= 0.3 is 0 Å². The minimum Gasteiger partial charge on any atom is -0.271 e. The van der Waals surface area contributed by atoms with Gasteiger partial charge in [0.25, 0.3) is 15.9 Å². The molecule has 0 spiro atoms. The topological polar surface area (TPSA) is 96.7 Å². The summed E-state index contributed by atoms with van der Waals surface area (Å²) in [6, 6.07) is 21.8. The van der Waals surface area contributed by atoms with Crippen molar-refractivity contribution in [2.24, 2.45) is 5.10 Å². The maximum Gasteiger partial charge on any atom is 0.264 e. The number of hydrogen-bond acceptors (Lipinski definition) is 5. The van der Waals surface area contributed by atoms with Crippen LogP contribution in [-0.4, -0.2) is 37.4 Å². The van der Waals surface area contributed by atoms with Gasteiger partial charge in [-0.05, 0) is 12.1 Å². The standard InChI is InChI=1S/C25H20FN5O3S/c1-30-25-23(17-9-3-2-4-10-17)29-31(24(25)19-12-6-8-14-21(19)35(30,33)34)16-22(32)28-27-15-18-11-5-7-13-20(18)26/h2-15H,16H2,1H3,(H,28,32)/b27-15+. The summed E-state index contributed by atoms with van der Waals surface area (Å²) in [7, 11) is -2.33. The third-order valence-corrected chi connectivity index (χ3v) is 7.48. The molecule has 0 atom stereocenters. The van der Waals surface area contributed by atoms with Crippen molar-refractivity contribution in [3.05, 3.63) is 90.2 Å². The molecule has 1 N–H and O–H groups in total. The normalized spacial score (nSPS) is 13.9. The average molecular weight is 490 g/mol. The van der Waals surface area contributed by atoms with Gasteiger partial charge in [0.15, 0.2) is 0 Å². The molecule has 35 heavy (non-hydrogen) atoms. The fourth-order valence-electron chi connectivity index (χ4n) is 4.00. The van der Waals surface area contributed by atoms with Gasteiger partial charge in [0, 0.05) is 23.7 Å². The molecule has 8 nitrogen and oxygen atoms in total. The van der Waals surface area contributed by atoms with Crippen LogP contribution in [0.3, 0.4) is 0 Å². The number of benzene rings is 3. The van der Waals surface area contributed by atoms with E-state index in [4.69, 9.17) is 0 Å². The Labute approximate surface area is 201 Å². The molecule has 0 fully saturated rings. The van der Waals surface area contributed by atoms with E-state index in [0.29, 0.717) is 28.2 Å². The van der Waals surface area contributed by atoms with Crippen LogP contribution in [-0.2, 0) is 21.4 Å². The molecule has 2 heterocycles. The second-order valence-electron chi connectivity index (χ2n) is 7.85. The van der Waals surface area contributed by atoms with Gasteiger partial charge in [-0.1, -0.05) is 66.7 Å². The largest absolute Gasteiger partial charge is 0.271 e. The van der Waals surface area contributed by atoms with Crippen LogP contribution in [0, 0.1) is 5.82 Å². The molecule has 0 unspecified atom stereocenters. The van der Waals surface area contributed by atoms with E-state index in [9.17, 15) is 17.6 Å². The number of carbonyl (C=O) groups excluding carboxylic acids is 1. The molecular formula is C25H20FN5O3S. The SMILES string of the molecule is CN1c2c(-c3ccccc3)nn(CC(=O)N/N=C/c3ccccc3F)c2-c2ccccc2S1(=O)=O. The fourth-order valence-corrected chi connectivity index (χ4v) is 5.40. The number of hydrazone groups is 1. The first-order chi connectivity index (χ1) is 16.9. The van der Waals surface area contributed by atoms with Crippen LogP contribution in [0.1, 0.15) is 5.56 Å². The monoisotopic (exact) mass is 489 g/mol. The molecule has 0 saturated carbocycles. The van der Waals surface area contributed by atoms with E-state index in [0.717, 1.165) is 0 Å². The number of fused-ring (bicyclic) bond motifs is 3. The van der Waals surface area contributed by atoms with E-state index in [-0.39, 0.29) is 17.0 Å². The van der Waals surface area contributed by atoms with Gasteiger partial charge in [0.1, 0.15) is 23.7 Å². The van der Waals surface area contributed by atoms with Crippen LogP contribution in [0.5, 0.6) is 0 Å². The molecule has 1 amide bonds. The van der Waals surface area contributed by atoms with Crippen molar-refractivity contribution in [2.75, 3.05) is 11.4 Å². The molecule has 0 saturated heterocycles. The lowest BCUT2D eigenvalue weighted by Crippen LogP contribution is -2.31. The van der Waals surface area contributed by atoms with Crippen LogP contribution in [0.15, 0.2) is 88.9 Å². The summed E-state index contributed by atoms with van der Waals surface area (Å²) in [5, 5.41) is 8.48. The number of nitrogens with zero attached hydrogens (tertiary/aromatic N) is 4. The van der Waals surface area contributed by atoms with Gasteiger partial charge in [-0.3, -0.25) is 13.8 Å². The minimum absolute atomic E-state index is 0.133. The van der Waals surface area contributed by atoms with E-state index < -0.39 is 21.7 Å². The highest BCUT2D eigenvalue weighted by atomic mass is 32.2. The fraction of sp³-hybridized carbons (Fsp3) is 0.0800. The number of nitrogens with one attached hydrogen (secondary N) is 1. The molecule has 4 aromatic rings. The second-order valence-corrected chi connectivity index (χ2v) is 9.79. The smallest absolute Gasteiger partial charge is 0.264 e. The van der Waals surface area contributed by atoms with Crippen molar-refractivity contribution >= 4 is 27.8 Å². The molecule has 1 aromatic heterocycles. The van der Waals surface area contributed by atoms with Gasteiger partial charge in [-0.15, -0.1) is 0 Å². The first kappa shape index (κ1) is 22.5. The highest BCUT2D eigenvalue weighted by molar-refractivity contribution is 7.93. The lowest BCUT2D eigenvalue weighted by Gasteiger charge is -2.27. The lowest BCUT2D eigenvalue weighted by atomic mass is 10.1. The summed E-state index contributed by atoms with van der Waals surface area (Å²) < 4.78 is 42.9. The number of hydrogen-bond donors (Lipinski definition) is 1. The number of rotatable bonds is 5. The van der Waals surface area contributed by atoms with Gasteiger partial charge in [0.05, 0.1) is 16.8 Å². The van der Waals surface area contributed by atoms with Crippen LogP contribution in [0.25, 0.3) is 22.5 Å². The number of sulfonamides is 1. The van der Waals surface area contributed by atoms with Crippen LogP contribution < -0.4 is 9.73 Å². The molecular weight excluding hydrogens is 469 g/mol. The molecule has 1 aliphatic heterocycles. The van der Waals surface area contributed by atoms with Crippen molar-refractivity contribution in [3.63, 3.8) is 0 Å². The van der Waals surface area contributed by atoms with Gasteiger partial charge in [-0.2, -0.15) is 10.2 Å². The quantitative estimate of drug-likeness (QED) is 0.342. The van der Waals surface area contributed by atoms with E-state index in [2.05, 4.69) is 15.6 Å². The van der Waals surface area contributed by atoms with Crippen LogP contribution >= 0.6 is 0 Å². The molecule has 0 radical (unpaired) electrons. The minimum atomic E-state index is -3.81. The Morgan fingerprint density at radius 2 is 1.71 bits per heavy atom. The molecule has 1 aliphatic rings. The summed E-state index contributed by atoms with van der Waals surface area (Å²) >= 11 is 0. The summed E-state index contributed by atoms with van der Waals surface area (Å²) in [6.07, 6.45) is 1.22. The Hall–Kier alpha value is -4.31. The number of halogens is 1. The summed E-state index contributed by atoms with van der Waals surface area (Å²) in [5.74, 6) is -0.962. The Balaban J connectivity index is 1.56. The first-order valence-electron chi connectivity index (χ1n) is 10.7. The highest BCUT2D eigenvalue weighted by Crippen LogP contribution is 2.47. The van der Waals surface area contributed by atoms with E-state index in [1.165, 1.54) is 40.4 Å². The molecule has 176 valence electrons. The lowest BCUT2D eigenvalue weighted by molar-refractivity contribution is -0.121. The maximum atomic E-state index is 13.8. The zero-order chi connectivity index (χ0) is 24.6. The number of aromatic nitrogens is 2. The third kappa shape index (κ3) is 3.97. The molecule has 0 bridgehead atoms. The summed E-state index contributed by atoms with van der Waals surface area (Å²) in [5.41, 5.74) is 5.11. The maximum absolute atomic E-state index is 13.8. The zero-order valence-electron chi connectivity index (χ0n) is 18.6. The predicted molar refractivity (Wildman–Crippen MR) is 131 cm³/mol. The van der Waals surface area contributed by atoms with Crippen molar-refractivity contribution in [2.45, 2.75) is 11.4 Å². The van der Waals surface area contributed by atoms with Crippen molar-refractivity contribution in [1.82, 2.24) is 15.2 Å². The molecule has 0 aliphatic carbocycles. The number of anilines is 1. The highest BCUT2D eigenvalue weighted by Gasteiger charge is 2.38. The number of amides is 1. The van der Waals surface area contributed by atoms with Gasteiger partial charge in [0.2, 0.25) is 0 Å². The van der Waals surface area contributed by atoms with E-state index >= 15 is 0 Å². The van der Waals surface area contributed by atoms with Crippen molar-refractivity contribution < 1.29 is 17.6 Å². The van der Waals surface area contributed by atoms with Gasteiger partial charge in [-0.25, -0.2) is 18.2 Å². The van der Waals surface area contributed by atoms with Crippen LogP contribution in [0.4, 0.5) is 10.1 Å². The Bertz CT molecular complexity index is 1570. The zero-order valence-corrected chi connectivity index (χ0v) is 19.4.